The van der Waals surface area contributed by atoms with Crippen molar-refractivity contribution in [2.45, 2.75) is 26.8 Å². The Labute approximate surface area is 80.1 Å². The molecule has 0 amide bonds. The summed E-state index contributed by atoms with van der Waals surface area (Å²) in [5.74, 6) is 0. The lowest BCUT2D eigenvalue weighted by Gasteiger charge is -2.07. The summed E-state index contributed by atoms with van der Waals surface area (Å²) in [6.45, 7) is 6.17. The summed E-state index contributed by atoms with van der Waals surface area (Å²) in [5.41, 5.74) is 9.18. The largest absolute Gasteiger partial charge is 0.398 e. The molecule has 2 nitrogen and oxygen atoms in total. The number of nitrogens with one attached hydrogen (secondary N) is 1. The van der Waals surface area contributed by atoms with Crippen LogP contribution in [0.15, 0.2) is 18.2 Å². The first kappa shape index (κ1) is 10.1. The van der Waals surface area contributed by atoms with Crippen LogP contribution in [-0.4, -0.2) is 6.54 Å². The summed E-state index contributed by atoms with van der Waals surface area (Å²) in [4.78, 5) is 0. The van der Waals surface area contributed by atoms with Gasteiger partial charge in [-0.25, -0.2) is 0 Å². The number of nitrogens with two attached hydrogens (primary N) is 1. The molecule has 0 saturated heterocycles. The van der Waals surface area contributed by atoms with Crippen molar-refractivity contribution in [3.8, 4) is 0 Å². The van der Waals surface area contributed by atoms with Crippen LogP contribution in [0.3, 0.4) is 0 Å². The van der Waals surface area contributed by atoms with Gasteiger partial charge in [0.25, 0.3) is 0 Å². The fourth-order valence-electron chi connectivity index (χ4n) is 1.29. The molecule has 13 heavy (non-hydrogen) atoms. The molecule has 0 radical (unpaired) electrons. The zero-order valence-corrected chi connectivity index (χ0v) is 8.43. The zero-order valence-electron chi connectivity index (χ0n) is 8.43. The highest BCUT2D eigenvalue weighted by molar-refractivity contribution is 5.48. The van der Waals surface area contributed by atoms with E-state index in [1.165, 1.54) is 11.1 Å². The summed E-state index contributed by atoms with van der Waals surface area (Å²) >= 11 is 0. The molecule has 72 valence electrons. The molecule has 3 N–H and O–H groups in total. The summed E-state index contributed by atoms with van der Waals surface area (Å²) in [6, 6.07) is 6.15. The van der Waals surface area contributed by atoms with Crippen LogP contribution in [0.5, 0.6) is 0 Å². The third-order valence-electron chi connectivity index (χ3n) is 2.04. The molecule has 0 atom stereocenters. The Morgan fingerprint density at radius 1 is 1.38 bits per heavy atom. The third-order valence-corrected chi connectivity index (χ3v) is 2.04. The molecule has 1 aromatic carbocycles. The number of hydrogen-bond donors (Lipinski definition) is 2. The molecule has 0 aromatic heterocycles. The summed E-state index contributed by atoms with van der Waals surface area (Å²) in [5, 5.41) is 3.34. The number of anilines is 1. The molecular weight excluding hydrogens is 160 g/mol. The van der Waals surface area contributed by atoms with Crippen molar-refractivity contribution >= 4 is 5.69 Å². The molecule has 2 heteroatoms. The van der Waals surface area contributed by atoms with Crippen LogP contribution in [0.1, 0.15) is 24.5 Å². The van der Waals surface area contributed by atoms with Gasteiger partial charge in [0.15, 0.2) is 0 Å². The maximum atomic E-state index is 5.83. The second-order valence-corrected chi connectivity index (χ2v) is 3.38. The van der Waals surface area contributed by atoms with Crippen molar-refractivity contribution in [2.24, 2.45) is 0 Å². The van der Waals surface area contributed by atoms with Gasteiger partial charge in [-0.15, -0.1) is 0 Å². The maximum absolute atomic E-state index is 5.83. The van der Waals surface area contributed by atoms with Gasteiger partial charge in [-0.2, -0.15) is 0 Å². The Hall–Kier alpha value is -1.02. The lowest BCUT2D eigenvalue weighted by atomic mass is 10.1. The van der Waals surface area contributed by atoms with Crippen LogP contribution >= 0.6 is 0 Å². The fraction of sp³-hybridized carbons (Fsp3) is 0.455. The van der Waals surface area contributed by atoms with Crippen LogP contribution < -0.4 is 11.1 Å². The van der Waals surface area contributed by atoms with Crippen molar-refractivity contribution in [3.05, 3.63) is 29.3 Å². The van der Waals surface area contributed by atoms with Gasteiger partial charge < -0.3 is 11.1 Å². The van der Waals surface area contributed by atoms with E-state index in [0.29, 0.717) is 0 Å². The topological polar surface area (TPSA) is 38.0 Å². The minimum Gasteiger partial charge on any atom is -0.398 e. The first-order valence-corrected chi connectivity index (χ1v) is 4.79. The molecule has 0 bridgehead atoms. The first-order chi connectivity index (χ1) is 6.24. The van der Waals surface area contributed by atoms with E-state index in [4.69, 9.17) is 5.73 Å². The monoisotopic (exact) mass is 178 g/mol. The van der Waals surface area contributed by atoms with Crippen LogP contribution in [0, 0.1) is 6.92 Å². The van der Waals surface area contributed by atoms with Crippen molar-refractivity contribution in [1.29, 1.82) is 0 Å². The average molecular weight is 178 g/mol. The van der Waals surface area contributed by atoms with E-state index >= 15 is 0 Å². The lowest BCUT2D eigenvalue weighted by Crippen LogP contribution is -2.15. The van der Waals surface area contributed by atoms with Crippen molar-refractivity contribution in [3.63, 3.8) is 0 Å². The molecule has 0 spiro atoms. The van der Waals surface area contributed by atoms with Gasteiger partial charge in [0.05, 0.1) is 0 Å². The molecule has 0 aliphatic rings. The molecule has 0 saturated carbocycles. The standard InChI is InChI=1S/C11H18N2/c1-3-6-13-8-10-7-9(2)4-5-11(10)12/h4-5,7,13H,3,6,8,12H2,1-2H3. The van der Waals surface area contributed by atoms with Crippen molar-refractivity contribution in [2.75, 3.05) is 12.3 Å². The number of hydrogen-bond acceptors (Lipinski definition) is 2. The normalized spacial score (nSPS) is 10.3. The number of nitrogen functional groups attached to an aromatic ring is 1. The third kappa shape index (κ3) is 3.07. The number of aryl methyl sites for hydroxylation is 1. The maximum Gasteiger partial charge on any atom is 0.0359 e. The Bertz CT molecular complexity index is 269. The fourth-order valence-corrected chi connectivity index (χ4v) is 1.29. The van der Waals surface area contributed by atoms with Gasteiger partial charge in [-0.1, -0.05) is 24.6 Å². The van der Waals surface area contributed by atoms with E-state index in [1.54, 1.807) is 0 Å². The highest BCUT2D eigenvalue weighted by Crippen LogP contribution is 2.12. The SMILES string of the molecule is CCCNCc1cc(C)ccc1N. The average Bonchev–Trinajstić information content (AvgIpc) is 2.11. The molecule has 1 aromatic rings. The van der Waals surface area contributed by atoms with Crippen LogP contribution in [0.25, 0.3) is 0 Å². The van der Waals surface area contributed by atoms with Crippen molar-refractivity contribution in [1.82, 2.24) is 5.32 Å². The van der Waals surface area contributed by atoms with E-state index in [9.17, 15) is 0 Å². The van der Waals surface area contributed by atoms with E-state index in [-0.39, 0.29) is 0 Å². The molecule has 1 rings (SSSR count). The smallest absolute Gasteiger partial charge is 0.0359 e. The predicted molar refractivity (Wildman–Crippen MR) is 57.6 cm³/mol. The Balaban J connectivity index is 2.59. The highest BCUT2D eigenvalue weighted by atomic mass is 14.8. The Kier molecular flexibility index (Phi) is 3.77. The minimum absolute atomic E-state index is 0.876. The molecule has 0 aliphatic carbocycles. The quantitative estimate of drug-likeness (QED) is 0.547. The molecule has 0 aliphatic heterocycles. The van der Waals surface area contributed by atoms with Crippen molar-refractivity contribution < 1.29 is 0 Å². The van der Waals surface area contributed by atoms with E-state index in [1.807, 2.05) is 12.1 Å². The first-order valence-electron chi connectivity index (χ1n) is 4.79. The summed E-state index contributed by atoms with van der Waals surface area (Å²) in [6.07, 6.45) is 1.16. The lowest BCUT2D eigenvalue weighted by molar-refractivity contribution is 0.676. The Morgan fingerprint density at radius 2 is 2.15 bits per heavy atom. The van der Waals surface area contributed by atoms with E-state index in [2.05, 4.69) is 25.2 Å². The number of benzene rings is 1. The van der Waals surface area contributed by atoms with Gasteiger partial charge in [0.1, 0.15) is 0 Å². The van der Waals surface area contributed by atoms with Gasteiger partial charge in [0.2, 0.25) is 0 Å². The van der Waals surface area contributed by atoms with Crippen LogP contribution in [-0.2, 0) is 6.54 Å². The van der Waals surface area contributed by atoms with Crippen LogP contribution in [0.2, 0.25) is 0 Å². The van der Waals surface area contributed by atoms with E-state index in [0.717, 1.165) is 25.2 Å². The second kappa shape index (κ2) is 4.87. The highest BCUT2D eigenvalue weighted by Gasteiger charge is 1.97. The minimum atomic E-state index is 0.876. The Morgan fingerprint density at radius 3 is 2.85 bits per heavy atom. The predicted octanol–water partition coefficient (Wildman–Crippen LogP) is 2.08. The van der Waals surface area contributed by atoms with Gasteiger partial charge in [-0.3, -0.25) is 0 Å². The van der Waals surface area contributed by atoms with Gasteiger partial charge in [0, 0.05) is 12.2 Å². The summed E-state index contributed by atoms with van der Waals surface area (Å²) in [7, 11) is 0. The molecule has 0 fully saturated rings. The molecular formula is C11H18N2. The van der Waals surface area contributed by atoms with E-state index < -0.39 is 0 Å². The van der Waals surface area contributed by atoms with Gasteiger partial charge >= 0.3 is 0 Å². The summed E-state index contributed by atoms with van der Waals surface area (Å²) < 4.78 is 0. The second-order valence-electron chi connectivity index (χ2n) is 3.38. The van der Waals surface area contributed by atoms with Crippen LogP contribution in [0.4, 0.5) is 5.69 Å². The molecule has 0 heterocycles. The van der Waals surface area contributed by atoms with Gasteiger partial charge in [-0.05, 0) is 31.5 Å². The zero-order chi connectivity index (χ0) is 9.68. The molecule has 0 unspecified atom stereocenters. The number of rotatable bonds is 4.